The summed E-state index contributed by atoms with van der Waals surface area (Å²) in [4.78, 5) is 4.35. The molecule has 0 saturated carbocycles. The van der Waals surface area contributed by atoms with E-state index in [2.05, 4.69) is 32.3 Å². The molecule has 0 aliphatic carbocycles. The van der Waals surface area contributed by atoms with E-state index in [1.807, 2.05) is 19.2 Å². The lowest BCUT2D eigenvalue weighted by Gasteiger charge is -2.05. The molecule has 0 N–H and O–H groups in total. The molecule has 0 bridgehead atoms. The molecule has 0 aliphatic heterocycles. The number of aliphatic imine (C=N–C) groups is 1. The highest BCUT2D eigenvalue weighted by Gasteiger charge is 2.00. The van der Waals surface area contributed by atoms with E-state index in [1.54, 1.807) is 0 Å². The first-order chi connectivity index (χ1) is 5.61. The fourth-order valence-electron chi connectivity index (χ4n) is 0.679. The molecule has 1 nitrogen and oxygen atoms in total. The summed E-state index contributed by atoms with van der Waals surface area (Å²) in [6, 6.07) is 0. The molecule has 0 aromatic heterocycles. The van der Waals surface area contributed by atoms with E-state index >= 15 is 0 Å². The molecule has 0 radical (unpaired) electrons. The molecular formula is C11H19N. The molecule has 0 rings (SSSR count). The van der Waals surface area contributed by atoms with Gasteiger partial charge >= 0.3 is 0 Å². The van der Waals surface area contributed by atoms with Crippen LogP contribution in [0.25, 0.3) is 0 Å². The van der Waals surface area contributed by atoms with Crippen LogP contribution in [0.15, 0.2) is 29.4 Å². The smallest absolute Gasteiger partial charge is 0.0296 e. The maximum atomic E-state index is 4.35. The van der Waals surface area contributed by atoms with Crippen molar-refractivity contribution in [2.24, 2.45) is 10.9 Å². The van der Waals surface area contributed by atoms with Crippen molar-refractivity contribution in [2.75, 3.05) is 0 Å². The molecule has 0 amide bonds. The normalized spacial score (nSPS) is 16.0. The van der Waals surface area contributed by atoms with Gasteiger partial charge in [-0.25, -0.2) is 0 Å². The van der Waals surface area contributed by atoms with Crippen molar-refractivity contribution in [3.05, 3.63) is 24.4 Å². The number of hydrogen-bond acceptors (Lipinski definition) is 1. The SMILES string of the molecule is C=C/C(C)=C\N=C(C)C(C)CC. The number of allylic oxidation sites excluding steroid dienone is 2. The van der Waals surface area contributed by atoms with Gasteiger partial charge in [0, 0.05) is 11.9 Å². The average Bonchev–Trinajstić information content (AvgIpc) is 2.11. The van der Waals surface area contributed by atoms with Gasteiger partial charge in [-0.15, -0.1) is 0 Å². The third-order valence-corrected chi connectivity index (χ3v) is 2.12. The zero-order valence-corrected chi connectivity index (χ0v) is 8.59. The van der Waals surface area contributed by atoms with E-state index < -0.39 is 0 Å². The summed E-state index contributed by atoms with van der Waals surface area (Å²) < 4.78 is 0. The maximum Gasteiger partial charge on any atom is 0.0296 e. The number of rotatable bonds is 4. The Bertz CT molecular complexity index is 199. The van der Waals surface area contributed by atoms with Crippen LogP contribution in [-0.4, -0.2) is 5.71 Å². The van der Waals surface area contributed by atoms with Crippen LogP contribution in [0.5, 0.6) is 0 Å². The first-order valence-electron chi connectivity index (χ1n) is 4.45. The van der Waals surface area contributed by atoms with Gasteiger partial charge in [0.2, 0.25) is 0 Å². The summed E-state index contributed by atoms with van der Waals surface area (Å²) in [5.74, 6) is 0.582. The fraction of sp³-hybridized carbons (Fsp3) is 0.545. The molecule has 12 heavy (non-hydrogen) atoms. The zero-order valence-electron chi connectivity index (χ0n) is 8.59. The Hall–Kier alpha value is -0.850. The van der Waals surface area contributed by atoms with Crippen LogP contribution in [0.1, 0.15) is 34.1 Å². The molecule has 0 aromatic carbocycles. The average molecular weight is 165 g/mol. The fourth-order valence-corrected chi connectivity index (χ4v) is 0.679. The van der Waals surface area contributed by atoms with Gasteiger partial charge in [0.25, 0.3) is 0 Å². The van der Waals surface area contributed by atoms with Crippen molar-refractivity contribution in [1.29, 1.82) is 0 Å². The van der Waals surface area contributed by atoms with Gasteiger partial charge < -0.3 is 0 Å². The minimum Gasteiger partial charge on any atom is -0.265 e. The van der Waals surface area contributed by atoms with E-state index in [1.165, 1.54) is 5.71 Å². The summed E-state index contributed by atoms with van der Waals surface area (Å²) in [5, 5.41) is 0. The molecular weight excluding hydrogens is 146 g/mol. The van der Waals surface area contributed by atoms with Gasteiger partial charge in [-0.1, -0.05) is 26.5 Å². The molecule has 0 aromatic rings. The van der Waals surface area contributed by atoms with Crippen molar-refractivity contribution in [2.45, 2.75) is 34.1 Å². The van der Waals surface area contributed by atoms with Gasteiger partial charge in [-0.3, -0.25) is 4.99 Å². The van der Waals surface area contributed by atoms with E-state index in [0.717, 1.165) is 12.0 Å². The van der Waals surface area contributed by atoms with Crippen LogP contribution in [0.2, 0.25) is 0 Å². The summed E-state index contributed by atoms with van der Waals surface area (Å²) in [6.07, 6.45) is 4.83. The Labute approximate surface area is 75.9 Å². The van der Waals surface area contributed by atoms with Crippen molar-refractivity contribution in [1.82, 2.24) is 0 Å². The Kier molecular flexibility index (Phi) is 5.35. The highest BCUT2D eigenvalue weighted by Crippen LogP contribution is 2.04. The quantitative estimate of drug-likeness (QED) is 0.446. The summed E-state index contributed by atoms with van der Waals surface area (Å²) >= 11 is 0. The van der Waals surface area contributed by atoms with Crippen LogP contribution >= 0.6 is 0 Å². The van der Waals surface area contributed by atoms with Gasteiger partial charge in [0.15, 0.2) is 0 Å². The Morgan fingerprint density at radius 1 is 1.50 bits per heavy atom. The number of hydrogen-bond donors (Lipinski definition) is 0. The highest BCUT2D eigenvalue weighted by atomic mass is 14.7. The monoisotopic (exact) mass is 165 g/mol. The lowest BCUT2D eigenvalue weighted by Crippen LogP contribution is -2.04. The topological polar surface area (TPSA) is 12.4 Å². The van der Waals surface area contributed by atoms with Gasteiger partial charge in [0.1, 0.15) is 0 Å². The van der Waals surface area contributed by atoms with Crippen LogP contribution < -0.4 is 0 Å². The third-order valence-electron chi connectivity index (χ3n) is 2.12. The highest BCUT2D eigenvalue weighted by molar-refractivity contribution is 5.84. The Morgan fingerprint density at radius 2 is 2.08 bits per heavy atom. The predicted molar refractivity (Wildman–Crippen MR) is 56.5 cm³/mol. The molecule has 1 heteroatoms. The molecule has 0 fully saturated rings. The standard InChI is InChI=1S/C11H19N/c1-6-9(3)8-12-11(5)10(4)7-2/h6,8,10H,1,7H2,2-5H3/b9-8-,12-11?. The van der Waals surface area contributed by atoms with Crippen molar-refractivity contribution >= 4 is 5.71 Å². The molecule has 0 spiro atoms. The Balaban J connectivity index is 4.26. The second-order valence-corrected chi connectivity index (χ2v) is 3.16. The van der Waals surface area contributed by atoms with Gasteiger partial charge in [-0.2, -0.15) is 0 Å². The van der Waals surface area contributed by atoms with E-state index in [0.29, 0.717) is 5.92 Å². The largest absolute Gasteiger partial charge is 0.265 e. The van der Waals surface area contributed by atoms with Crippen LogP contribution in [-0.2, 0) is 0 Å². The summed E-state index contributed by atoms with van der Waals surface area (Å²) in [5.41, 5.74) is 2.30. The molecule has 0 saturated heterocycles. The lowest BCUT2D eigenvalue weighted by atomic mass is 10.0. The second kappa shape index (κ2) is 5.76. The van der Waals surface area contributed by atoms with E-state index in [-0.39, 0.29) is 0 Å². The lowest BCUT2D eigenvalue weighted by molar-refractivity contribution is 0.736. The first kappa shape index (κ1) is 11.2. The molecule has 1 atom stereocenters. The zero-order chi connectivity index (χ0) is 9.56. The summed E-state index contributed by atoms with van der Waals surface area (Å²) in [6.45, 7) is 12.1. The second-order valence-electron chi connectivity index (χ2n) is 3.16. The third kappa shape index (κ3) is 4.12. The van der Waals surface area contributed by atoms with Crippen molar-refractivity contribution < 1.29 is 0 Å². The van der Waals surface area contributed by atoms with Crippen LogP contribution in [0, 0.1) is 5.92 Å². The molecule has 0 aliphatic rings. The van der Waals surface area contributed by atoms with Crippen LogP contribution in [0.3, 0.4) is 0 Å². The van der Waals surface area contributed by atoms with Gasteiger partial charge in [0.05, 0.1) is 0 Å². The van der Waals surface area contributed by atoms with E-state index in [9.17, 15) is 0 Å². The predicted octanol–water partition coefficient (Wildman–Crippen LogP) is 3.58. The summed E-state index contributed by atoms with van der Waals surface area (Å²) in [7, 11) is 0. The Morgan fingerprint density at radius 3 is 2.50 bits per heavy atom. The molecule has 1 unspecified atom stereocenters. The first-order valence-corrected chi connectivity index (χ1v) is 4.45. The van der Waals surface area contributed by atoms with Gasteiger partial charge in [-0.05, 0) is 31.8 Å². The number of nitrogens with zero attached hydrogens (tertiary/aromatic N) is 1. The minimum atomic E-state index is 0.582. The van der Waals surface area contributed by atoms with Crippen molar-refractivity contribution in [3.63, 3.8) is 0 Å². The van der Waals surface area contributed by atoms with Crippen LogP contribution in [0.4, 0.5) is 0 Å². The molecule has 68 valence electrons. The molecule has 0 heterocycles. The maximum absolute atomic E-state index is 4.35. The minimum absolute atomic E-state index is 0.582. The van der Waals surface area contributed by atoms with Crippen molar-refractivity contribution in [3.8, 4) is 0 Å². The van der Waals surface area contributed by atoms with E-state index in [4.69, 9.17) is 0 Å².